The van der Waals surface area contributed by atoms with Crippen LogP contribution in [0.1, 0.15) is 70.5 Å². The van der Waals surface area contributed by atoms with E-state index in [0.29, 0.717) is 37.7 Å². The van der Waals surface area contributed by atoms with E-state index in [9.17, 15) is 9.90 Å². The third-order valence-electron chi connectivity index (χ3n) is 6.90. The second-order valence-electron chi connectivity index (χ2n) is 9.33. The highest BCUT2D eigenvalue weighted by molar-refractivity contribution is 5.76. The van der Waals surface area contributed by atoms with Gasteiger partial charge in [-0.1, -0.05) is 26.3 Å². The molecule has 7 nitrogen and oxygen atoms in total. The van der Waals surface area contributed by atoms with Crippen molar-refractivity contribution in [3.8, 4) is 11.5 Å². The molecule has 1 aromatic rings. The molecule has 2 fully saturated rings. The minimum absolute atomic E-state index is 0. The van der Waals surface area contributed by atoms with E-state index >= 15 is 0 Å². The molecular weight excluding hydrogens is 420 g/mol. The van der Waals surface area contributed by atoms with Crippen LogP contribution >= 0.6 is 0 Å². The molecule has 0 aromatic heterocycles. The van der Waals surface area contributed by atoms with Gasteiger partial charge < -0.3 is 29.5 Å². The number of hydrogen-bond donors (Lipinski definition) is 2. The topological polar surface area (TPSA) is 80.3 Å². The first-order valence-corrected chi connectivity index (χ1v) is 12.4. The normalized spacial score (nSPS) is 20.6. The van der Waals surface area contributed by atoms with Crippen molar-refractivity contribution in [2.75, 3.05) is 46.1 Å². The lowest BCUT2D eigenvalue weighted by Gasteiger charge is -2.29. The number of nitrogens with one attached hydrogen (secondary N) is 1. The predicted molar refractivity (Wildman–Crippen MR) is 129 cm³/mol. The number of nitrogens with zero attached hydrogens (tertiary/aromatic N) is 1. The lowest BCUT2D eigenvalue weighted by Crippen LogP contribution is -2.46. The maximum atomic E-state index is 12.7. The number of carbonyl (C=O) groups is 1. The molecule has 33 heavy (non-hydrogen) atoms. The minimum atomic E-state index is -0.794. The van der Waals surface area contributed by atoms with Crippen LogP contribution in [0.3, 0.4) is 0 Å². The third kappa shape index (κ3) is 7.59. The molecular formula is C26H42N2O5. The van der Waals surface area contributed by atoms with E-state index in [2.05, 4.69) is 10.2 Å². The molecule has 1 amide bonds. The molecule has 0 saturated carbocycles. The number of hydrogen-bond acceptors (Lipinski definition) is 6. The van der Waals surface area contributed by atoms with Gasteiger partial charge in [0.05, 0.1) is 6.04 Å². The van der Waals surface area contributed by atoms with E-state index in [1.54, 1.807) is 0 Å². The molecule has 0 bridgehead atoms. The van der Waals surface area contributed by atoms with Crippen molar-refractivity contribution in [2.45, 2.75) is 70.9 Å². The third-order valence-corrected chi connectivity index (χ3v) is 6.90. The zero-order valence-corrected chi connectivity index (χ0v) is 19.1. The Morgan fingerprint density at radius 1 is 1.06 bits per heavy atom. The Kier molecular flexibility index (Phi) is 10.3. The molecule has 7 heteroatoms. The molecule has 2 saturated heterocycles. The number of fused-ring (bicyclic) bond motifs is 1. The molecule has 3 aliphatic heterocycles. The quantitative estimate of drug-likeness (QED) is 0.516. The number of aliphatic hydroxyl groups excluding tert-OH is 1. The van der Waals surface area contributed by atoms with Gasteiger partial charge >= 0.3 is 0 Å². The highest BCUT2D eigenvalue weighted by Gasteiger charge is 2.27. The zero-order chi connectivity index (χ0) is 22.2. The van der Waals surface area contributed by atoms with Gasteiger partial charge in [-0.3, -0.25) is 4.79 Å². The second-order valence-corrected chi connectivity index (χ2v) is 9.33. The lowest BCUT2D eigenvalue weighted by molar-refractivity contribution is -0.123. The van der Waals surface area contributed by atoms with Crippen molar-refractivity contribution in [2.24, 2.45) is 5.92 Å². The predicted octanol–water partition coefficient (Wildman–Crippen LogP) is 3.69. The van der Waals surface area contributed by atoms with Crippen LogP contribution in [0.15, 0.2) is 18.2 Å². The Bertz CT molecular complexity index is 731. The van der Waals surface area contributed by atoms with Gasteiger partial charge in [-0.2, -0.15) is 0 Å². The molecule has 1 aromatic carbocycles. The van der Waals surface area contributed by atoms with E-state index in [4.69, 9.17) is 14.2 Å². The number of unbranched alkanes of at least 4 members (excludes halogenated alkanes) is 1. The fourth-order valence-corrected chi connectivity index (χ4v) is 4.98. The summed E-state index contributed by atoms with van der Waals surface area (Å²) in [5.74, 6) is 2.13. The molecule has 0 aliphatic carbocycles. The average Bonchev–Trinajstić information content (AvgIpc) is 3.34. The summed E-state index contributed by atoms with van der Waals surface area (Å²) >= 11 is 0. The summed E-state index contributed by atoms with van der Waals surface area (Å²) in [6, 6.07) is 5.21. The van der Waals surface area contributed by atoms with Gasteiger partial charge in [0, 0.05) is 26.2 Å². The monoisotopic (exact) mass is 462 g/mol. The smallest absolute Gasteiger partial charge is 0.220 e. The molecule has 3 heterocycles. The van der Waals surface area contributed by atoms with Gasteiger partial charge in [0.2, 0.25) is 5.91 Å². The van der Waals surface area contributed by atoms with Crippen molar-refractivity contribution >= 4 is 5.91 Å². The zero-order valence-electron chi connectivity index (χ0n) is 19.1. The Labute approximate surface area is 198 Å². The van der Waals surface area contributed by atoms with Crippen LogP contribution in [0.2, 0.25) is 0 Å². The molecule has 2 N–H and O–H groups in total. The largest absolute Gasteiger partial charge is 0.486 e. The lowest BCUT2D eigenvalue weighted by atomic mass is 9.94. The minimum Gasteiger partial charge on any atom is -0.486 e. The number of rotatable bonds is 10. The highest BCUT2D eigenvalue weighted by Crippen LogP contribution is 2.33. The Balaban J connectivity index is 0.00000306. The summed E-state index contributed by atoms with van der Waals surface area (Å²) in [7, 11) is 0. The van der Waals surface area contributed by atoms with Crippen LogP contribution in [0.25, 0.3) is 0 Å². The Morgan fingerprint density at radius 2 is 1.79 bits per heavy atom. The number of amides is 1. The van der Waals surface area contributed by atoms with Gasteiger partial charge in [0.15, 0.2) is 11.5 Å². The van der Waals surface area contributed by atoms with Crippen LogP contribution in [0.5, 0.6) is 11.5 Å². The van der Waals surface area contributed by atoms with Gasteiger partial charge in [0.25, 0.3) is 0 Å². The van der Waals surface area contributed by atoms with Crippen molar-refractivity contribution in [3.63, 3.8) is 0 Å². The molecule has 0 unspecified atom stereocenters. The standard InChI is InChI=1S/C25H38N2O5.CH4/c28-24(6-2-1-5-19-9-13-30-14-10-19)26-21(18-27-11-3-4-12-27)25(29)20-7-8-22-23(17-20)32-16-15-31-22;/h7-8,17,19,21,25,29H,1-6,9-16,18H2,(H,26,28);1H4/t21-,25-;/m1./s1. The average molecular weight is 463 g/mol. The fraction of sp³-hybridized carbons (Fsp3) is 0.731. The number of likely N-dealkylation sites (tertiary alicyclic amines) is 1. The van der Waals surface area contributed by atoms with E-state index < -0.39 is 6.10 Å². The molecule has 0 spiro atoms. The Hall–Kier alpha value is -1.83. The summed E-state index contributed by atoms with van der Waals surface area (Å²) in [6.07, 6.45) is 7.48. The van der Waals surface area contributed by atoms with Crippen molar-refractivity contribution < 1.29 is 24.1 Å². The fourth-order valence-electron chi connectivity index (χ4n) is 4.98. The number of aliphatic hydroxyl groups is 1. The molecule has 2 atom stereocenters. The summed E-state index contributed by atoms with van der Waals surface area (Å²) in [5.41, 5.74) is 0.748. The van der Waals surface area contributed by atoms with Crippen molar-refractivity contribution in [1.82, 2.24) is 10.2 Å². The van der Waals surface area contributed by atoms with E-state index in [1.807, 2.05) is 18.2 Å². The Morgan fingerprint density at radius 3 is 2.55 bits per heavy atom. The van der Waals surface area contributed by atoms with Crippen LogP contribution < -0.4 is 14.8 Å². The summed E-state index contributed by atoms with van der Waals surface area (Å²) in [6.45, 7) is 5.49. The van der Waals surface area contributed by atoms with Gasteiger partial charge in [-0.25, -0.2) is 0 Å². The van der Waals surface area contributed by atoms with Crippen LogP contribution in [-0.2, 0) is 9.53 Å². The summed E-state index contributed by atoms with van der Waals surface area (Å²) in [4.78, 5) is 15.1. The first-order chi connectivity index (χ1) is 15.7. The molecule has 186 valence electrons. The first kappa shape index (κ1) is 25.8. The van der Waals surface area contributed by atoms with Gasteiger partial charge in [-0.05, 0) is 68.8 Å². The summed E-state index contributed by atoms with van der Waals surface area (Å²) in [5, 5.41) is 14.3. The van der Waals surface area contributed by atoms with E-state index in [-0.39, 0.29) is 19.4 Å². The van der Waals surface area contributed by atoms with Crippen molar-refractivity contribution in [3.05, 3.63) is 23.8 Å². The van der Waals surface area contributed by atoms with Crippen molar-refractivity contribution in [1.29, 1.82) is 0 Å². The van der Waals surface area contributed by atoms with Crippen LogP contribution in [0, 0.1) is 5.92 Å². The van der Waals surface area contributed by atoms with E-state index in [1.165, 1.54) is 19.3 Å². The SMILES string of the molecule is C.O=C(CCCCC1CCOCC1)N[C@H](CN1CCCC1)[C@H](O)c1ccc2c(c1)OCCO2. The number of carbonyl (C=O) groups excluding carboxylic acids is 1. The molecule has 3 aliphatic rings. The second kappa shape index (κ2) is 13.2. The maximum Gasteiger partial charge on any atom is 0.220 e. The number of ether oxygens (including phenoxy) is 3. The first-order valence-electron chi connectivity index (χ1n) is 12.4. The highest BCUT2D eigenvalue weighted by atomic mass is 16.6. The van der Waals surface area contributed by atoms with E-state index in [0.717, 1.165) is 63.5 Å². The van der Waals surface area contributed by atoms with Crippen LogP contribution in [-0.4, -0.2) is 68.0 Å². The maximum absolute atomic E-state index is 12.7. The number of benzene rings is 1. The molecule has 4 rings (SSSR count). The summed E-state index contributed by atoms with van der Waals surface area (Å²) < 4.78 is 16.7. The van der Waals surface area contributed by atoms with Crippen LogP contribution in [0.4, 0.5) is 0 Å². The van der Waals surface area contributed by atoms with Gasteiger partial charge in [-0.15, -0.1) is 0 Å². The van der Waals surface area contributed by atoms with Gasteiger partial charge in [0.1, 0.15) is 19.3 Å². The molecule has 0 radical (unpaired) electrons.